The summed E-state index contributed by atoms with van der Waals surface area (Å²) in [4.78, 5) is 12.1. The van der Waals surface area contributed by atoms with Gasteiger partial charge in [0.1, 0.15) is 0 Å². The van der Waals surface area contributed by atoms with Crippen LogP contribution in [0.25, 0.3) is 0 Å². The van der Waals surface area contributed by atoms with E-state index in [0.29, 0.717) is 10.6 Å². The van der Waals surface area contributed by atoms with Crippen LogP contribution in [0, 0.1) is 0 Å². The van der Waals surface area contributed by atoms with E-state index in [0.717, 1.165) is 5.56 Å². The highest BCUT2D eigenvalue weighted by atomic mass is 35.5. The van der Waals surface area contributed by atoms with E-state index < -0.39 is 6.04 Å². The summed E-state index contributed by atoms with van der Waals surface area (Å²) in [6.45, 7) is 0. The molecule has 4 heteroatoms. The summed E-state index contributed by atoms with van der Waals surface area (Å²) in [6.07, 6.45) is 0. The number of Topliss-reactive ketones (excluding diaryl/α,β-unsaturated/α-hetero) is 1. The quantitative estimate of drug-likeness (QED) is 0.873. The molecule has 1 atom stereocenters. The van der Waals surface area contributed by atoms with Crippen LogP contribution in [0.4, 0.5) is 0 Å². The summed E-state index contributed by atoms with van der Waals surface area (Å²) in [5.74, 6) is -0.0899. The fourth-order valence-corrected chi connectivity index (χ4v) is 1.73. The summed E-state index contributed by atoms with van der Waals surface area (Å²) >= 11 is 5.79. The van der Waals surface area contributed by atoms with Gasteiger partial charge in [0.05, 0.1) is 6.04 Å². The first-order valence-electron chi connectivity index (χ1n) is 5.29. The van der Waals surface area contributed by atoms with E-state index in [1.165, 1.54) is 0 Å². The molecule has 0 aliphatic heterocycles. The smallest absolute Gasteiger partial charge is 0.184 e. The highest BCUT2D eigenvalue weighted by Crippen LogP contribution is 2.18. The Hall–Kier alpha value is -1.35. The van der Waals surface area contributed by atoms with Crippen LogP contribution in [0.15, 0.2) is 54.6 Å². The first kappa shape index (κ1) is 14.7. The third-order valence-electron chi connectivity index (χ3n) is 2.57. The molecule has 0 saturated heterocycles. The Balaban J connectivity index is 0.00000162. The number of carbonyl (C=O) groups excluding carboxylic acids is 1. The fourth-order valence-electron chi connectivity index (χ4n) is 1.60. The van der Waals surface area contributed by atoms with Crippen LogP contribution in [0.2, 0.25) is 5.02 Å². The number of nitrogens with two attached hydrogens (primary N) is 1. The van der Waals surface area contributed by atoms with Gasteiger partial charge in [0.15, 0.2) is 5.78 Å². The lowest BCUT2D eigenvalue weighted by Gasteiger charge is -2.10. The molecule has 0 spiro atoms. The van der Waals surface area contributed by atoms with Crippen LogP contribution in [0.3, 0.4) is 0 Å². The maximum Gasteiger partial charge on any atom is 0.184 e. The Kier molecular flexibility index (Phi) is 5.35. The number of halogens is 2. The molecule has 2 aromatic carbocycles. The van der Waals surface area contributed by atoms with Crippen molar-refractivity contribution >= 4 is 29.8 Å². The van der Waals surface area contributed by atoms with Crippen molar-refractivity contribution in [1.82, 2.24) is 0 Å². The van der Waals surface area contributed by atoms with Crippen LogP contribution in [0.5, 0.6) is 0 Å². The average molecular weight is 282 g/mol. The normalized spacial score (nSPS) is 11.4. The second-order valence-corrected chi connectivity index (χ2v) is 4.20. The van der Waals surface area contributed by atoms with Gasteiger partial charge in [-0.1, -0.05) is 54.1 Å². The van der Waals surface area contributed by atoms with Gasteiger partial charge >= 0.3 is 0 Å². The van der Waals surface area contributed by atoms with Crippen molar-refractivity contribution < 1.29 is 4.79 Å². The first-order valence-corrected chi connectivity index (χ1v) is 5.66. The number of hydrogen-bond acceptors (Lipinski definition) is 2. The van der Waals surface area contributed by atoms with E-state index in [4.69, 9.17) is 17.3 Å². The molecule has 0 amide bonds. The monoisotopic (exact) mass is 281 g/mol. The molecule has 18 heavy (non-hydrogen) atoms. The Morgan fingerprint density at radius 3 is 2.11 bits per heavy atom. The Morgan fingerprint density at radius 2 is 1.56 bits per heavy atom. The van der Waals surface area contributed by atoms with Crippen molar-refractivity contribution in [2.75, 3.05) is 0 Å². The van der Waals surface area contributed by atoms with Crippen LogP contribution < -0.4 is 5.73 Å². The van der Waals surface area contributed by atoms with E-state index in [1.807, 2.05) is 18.2 Å². The maximum absolute atomic E-state index is 12.1. The Labute approximate surface area is 117 Å². The van der Waals surface area contributed by atoms with Gasteiger partial charge in [-0.05, 0) is 17.7 Å². The highest BCUT2D eigenvalue weighted by Gasteiger charge is 2.16. The van der Waals surface area contributed by atoms with Gasteiger partial charge < -0.3 is 5.73 Å². The van der Waals surface area contributed by atoms with Gasteiger partial charge in [0, 0.05) is 10.6 Å². The van der Waals surface area contributed by atoms with Gasteiger partial charge in [-0.15, -0.1) is 12.4 Å². The predicted molar refractivity (Wildman–Crippen MR) is 76.4 cm³/mol. The van der Waals surface area contributed by atoms with E-state index in [9.17, 15) is 4.79 Å². The minimum absolute atomic E-state index is 0. The first-order chi connectivity index (χ1) is 8.18. The Morgan fingerprint density at radius 1 is 1.00 bits per heavy atom. The molecule has 1 unspecified atom stereocenters. The largest absolute Gasteiger partial charge is 0.318 e. The molecule has 2 rings (SSSR count). The number of carbonyl (C=O) groups is 1. The molecule has 0 radical (unpaired) electrons. The number of benzene rings is 2. The molecule has 2 aromatic rings. The topological polar surface area (TPSA) is 43.1 Å². The molecule has 94 valence electrons. The van der Waals surface area contributed by atoms with Gasteiger partial charge in [0.25, 0.3) is 0 Å². The average Bonchev–Trinajstić information content (AvgIpc) is 2.39. The third-order valence-corrected chi connectivity index (χ3v) is 2.82. The summed E-state index contributed by atoms with van der Waals surface area (Å²) < 4.78 is 0. The molecule has 0 saturated carbocycles. The van der Waals surface area contributed by atoms with Crippen LogP contribution in [0.1, 0.15) is 22.0 Å². The summed E-state index contributed by atoms with van der Waals surface area (Å²) in [6, 6.07) is 15.4. The zero-order valence-electron chi connectivity index (χ0n) is 9.55. The van der Waals surface area contributed by atoms with Crippen molar-refractivity contribution in [3.63, 3.8) is 0 Å². The number of ketones is 1. The summed E-state index contributed by atoms with van der Waals surface area (Å²) in [5.41, 5.74) is 7.32. The van der Waals surface area contributed by atoms with Gasteiger partial charge in [-0.3, -0.25) is 4.79 Å². The van der Waals surface area contributed by atoms with E-state index in [-0.39, 0.29) is 18.2 Å². The number of hydrogen-bond donors (Lipinski definition) is 1. The molecular weight excluding hydrogens is 269 g/mol. The lowest BCUT2D eigenvalue weighted by atomic mass is 9.98. The Bertz CT molecular complexity index is 511. The molecule has 0 aliphatic rings. The second-order valence-electron chi connectivity index (χ2n) is 3.76. The molecule has 0 aromatic heterocycles. The lowest BCUT2D eigenvalue weighted by molar-refractivity contribution is 0.0961. The fraction of sp³-hybridized carbons (Fsp3) is 0.0714. The molecular formula is C14H13Cl2NO. The maximum atomic E-state index is 12.1. The molecule has 0 bridgehead atoms. The van der Waals surface area contributed by atoms with Crippen LogP contribution >= 0.6 is 24.0 Å². The number of rotatable bonds is 3. The van der Waals surface area contributed by atoms with Crippen LogP contribution in [-0.4, -0.2) is 5.78 Å². The predicted octanol–water partition coefficient (Wildman–Crippen LogP) is 3.64. The van der Waals surface area contributed by atoms with E-state index >= 15 is 0 Å². The SMILES string of the molecule is Cl.NC(C(=O)c1ccccc1)c1ccc(Cl)cc1. The molecule has 2 N–H and O–H groups in total. The second kappa shape index (κ2) is 6.55. The summed E-state index contributed by atoms with van der Waals surface area (Å²) in [7, 11) is 0. The van der Waals surface area contributed by atoms with Gasteiger partial charge in [-0.25, -0.2) is 0 Å². The minimum atomic E-state index is -0.644. The van der Waals surface area contributed by atoms with Gasteiger partial charge in [-0.2, -0.15) is 0 Å². The zero-order valence-corrected chi connectivity index (χ0v) is 11.1. The van der Waals surface area contributed by atoms with Crippen molar-refractivity contribution in [2.24, 2.45) is 5.73 Å². The van der Waals surface area contributed by atoms with Crippen molar-refractivity contribution in [3.05, 3.63) is 70.7 Å². The van der Waals surface area contributed by atoms with Crippen molar-refractivity contribution in [1.29, 1.82) is 0 Å². The zero-order chi connectivity index (χ0) is 12.3. The van der Waals surface area contributed by atoms with Gasteiger partial charge in [0.2, 0.25) is 0 Å². The lowest BCUT2D eigenvalue weighted by Crippen LogP contribution is -2.21. The van der Waals surface area contributed by atoms with E-state index in [2.05, 4.69) is 0 Å². The van der Waals surface area contributed by atoms with Crippen molar-refractivity contribution in [2.45, 2.75) is 6.04 Å². The van der Waals surface area contributed by atoms with Crippen molar-refractivity contribution in [3.8, 4) is 0 Å². The van der Waals surface area contributed by atoms with E-state index in [1.54, 1.807) is 36.4 Å². The molecule has 0 heterocycles. The third kappa shape index (κ3) is 3.33. The molecule has 2 nitrogen and oxygen atoms in total. The standard InChI is InChI=1S/C14H12ClNO.ClH/c15-12-8-6-10(7-9-12)13(16)14(17)11-4-2-1-3-5-11;/h1-9,13H,16H2;1H. The molecule has 0 fully saturated rings. The van der Waals surface area contributed by atoms with Crippen LogP contribution in [-0.2, 0) is 0 Å². The summed E-state index contributed by atoms with van der Waals surface area (Å²) in [5, 5.41) is 0.633. The minimum Gasteiger partial charge on any atom is -0.318 e. The molecule has 0 aliphatic carbocycles. The highest BCUT2D eigenvalue weighted by molar-refractivity contribution is 6.30.